The third kappa shape index (κ3) is 1.15. The molecular weight excluding hydrogens is 136 g/mol. The van der Waals surface area contributed by atoms with Crippen LogP contribution in [0.25, 0.3) is 0 Å². The van der Waals surface area contributed by atoms with E-state index in [1.807, 2.05) is 0 Å². The van der Waals surface area contributed by atoms with Crippen molar-refractivity contribution in [3.05, 3.63) is 0 Å². The van der Waals surface area contributed by atoms with E-state index < -0.39 is 0 Å². The molecule has 2 N–H and O–H groups in total. The van der Waals surface area contributed by atoms with Crippen LogP contribution in [0.2, 0.25) is 0 Å². The standard InChI is InChI=1S/C9H14N2/c10-7-9-5-3-1-2-4-6-11(9)8-9/h3-8,10H2/t9-,11+/m0/s1. The van der Waals surface area contributed by atoms with Crippen LogP contribution in [0, 0.1) is 11.8 Å². The summed E-state index contributed by atoms with van der Waals surface area (Å²) in [4.78, 5) is 2.46. The average molecular weight is 150 g/mol. The van der Waals surface area contributed by atoms with Crippen LogP contribution in [-0.4, -0.2) is 30.1 Å². The van der Waals surface area contributed by atoms with Gasteiger partial charge in [-0.05, 0) is 6.42 Å². The molecule has 2 heterocycles. The van der Waals surface area contributed by atoms with Crippen molar-refractivity contribution in [3.8, 4) is 11.8 Å². The smallest absolute Gasteiger partial charge is 0.0468 e. The lowest BCUT2D eigenvalue weighted by Gasteiger charge is -2.14. The van der Waals surface area contributed by atoms with Crippen LogP contribution in [0.15, 0.2) is 0 Å². The Morgan fingerprint density at radius 2 is 2.18 bits per heavy atom. The van der Waals surface area contributed by atoms with Crippen molar-refractivity contribution in [1.82, 2.24) is 4.90 Å². The van der Waals surface area contributed by atoms with Crippen LogP contribution in [0.3, 0.4) is 0 Å². The van der Waals surface area contributed by atoms with Crippen molar-refractivity contribution in [3.63, 3.8) is 0 Å². The first-order chi connectivity index (χ1) is 5.37. The summed E-state index contributed by atoms with van der Waals surface area (Å²) in [7, 11) is 0. The van der Waals surface area contributed by atoms with E-state index in [2.05, 4.69) is 16.7 Å². The third-order valence-electron chi connectivity index (χ3n) is 2.78. The van der Waals surface area contributed by atoms with Gasteiger partial charge in [0.05, 0.1) is 0 Å². The first-order valence-electron chi connectivity index (χ1n) is 4.28. The predicted molar refractivity (Wildman–Crippen MR) is 45.0 cm³/mol. The topological polar surface area (TPSA) is 29.0 Å². The van der Waals surface area contributed by atoms with Crippen molar-refractivity contribution in [1.29, 1.82) is 0 Å². The molecule has 2 atom stereocenters. The van der Waals surface area contributed by atoms with Crippen LogP contribution in [0.1, 0.15) is 19.3 Å². The van der Waals surface area contributed by atoms with Crippen LogP contribution < -0.4 is 5.73 Å². The minimum absolute atomic E-state index is 0.370. The van der Waals surface area contributed by atoms with Crippen LogP contribution in [-0.2, 0) is 0 Å². The highest BCUT2D eigenvalue weighted by Gasteiger charge is 2.49. The molecule has 1 saturated heterocycles. The summed E-state index contributed by atoms with van der Waals surface area (Å²) < 4.78 is 0. The molecule has 0 spiro atoms. The van der Waals surface area contributed by atoms with Crippen molar-refractivity contribution < 1.29 is 0 Å². The molecule has 0 unspecified atom stereocenters. The van der Waals surface area contributed by atoms with Crippen molar-refractivity contribution in [2.24, 2.45) is 5.73 Å². The molecule has 60 valence electrons. The molecule has 0 aromatic carbocycles. The third-order valence-corrected chi connectivity index (χ3v) is 2.78. The maximum Gasteiger partial charge on any atom is 0.0468 e. The second kappa shape index (κ2) is 2.51. The van der Waals surface area contributed by atoms with Gasteiger partial charge in [0.1, 0.15) is 0 Å². The first kappa shape index (κ1) is 7.15. The predicted octanol–water partition coefficient (Wildman–Crippen LogP) is 0.187. The van der Waals surface area contributed by atoms with Gasteiger partial charge in [-0.25, -0.2) is 0 Å². The Kier molecular flexibility index (Phi) is 1.63. The minimum atomic E-state index is 0.370. The molecule has 2 aliphatic heterocycles. The van der Waals surface area contributed by atoms with E-state index >= 15 is 0 Å². The molecule has 0 saturated carbocycles. The number of hydrogen-bond donors (Lipinski definition) is 1. The molecular formula is C9H14N2. The summed E-state index contributed by atoms with van der Waals surface area (Å²) in [5.41, 5.74) is 6.08. The molecule has 0 bridgehead atoms. The van der Waals surface area contributed by atoms with Gasteiger partial charge in [-0.2, -0.15) is 0 Å². The number of fused-ring (bicyclic) bond motifs is 1. The zero-order valence-electron chi connectivity index (χ0n) is 6.77. The van der Waals surface area contributed by atoms with Gasteiger partial charge in [-0.3, -0.25) is 4.90 Å². The van der Waals surface area contributed by atoms with Gasteiger partial charge in [0.15, 0.2) is 0 Å². The van der Waals surface area contributed by atoms with Crippen molar-refractivity contribution in [2.75, 3.05) is 19.6 Å². The Morgan fingerprint density at radius 3 is 3.00 bits per heavy atom. The fraction of sp³-hybridized carbons (Fsp3) is 0.778. The fourth-order valence-electron chi connectivity index (χ4n) is 1.83. The van der Waals surface area contributed by atoms with Crippen LogP contribution >= 0.6 is 0 Å². The molecule has 0 radical (unpaired) electrons. The molecule has 0 aliphatic carbocycles. The molecule has 2 heteroatoms. The molecule has 2 nitrogen and oxygen atoms in total. The van der Waals surface area contributed by atoms with Crippen molar-refractivity contribution >= 4 is 0 Å². The van der Waals surface area contributed by atoms with Gasteiger partial charge >= 0.3 is 0 Å². The van der Waals surface area contributed by atoms with Crippen LogP contribution in [0.5, 0.6) is 0 Å². The van der Waals surface area contributed by atoms with E-state index in [-0.39, 0.29) is 0 Å². The summed E-state index contributed by atoms with van der Waals surface area (Å²) in [6, 6.07) is 0. The summed E-state index contributed by atoms with van der Waals surface area (Å²) in [5, 5.41) is 0. The monoisotopic (exact) mass is 150 g/mol. The highest BCUT2D eigenvalue weighted by atomic mass is 15.4. The first-order valence-corrected chi connectivity index (χ1v) is 4.28. The zero-order valence-corrected chi connectivity index (χ0v) is 6.77. The molecule has 11 heavy (non-hydrogen) atoms. The lowest BCUT2D eigenvalue weighted by Crippen LogP contribution is -2.29. The largest absolute Gasteiger partial charge is 0.329 e. The molecule has 2 aliphatic rings. The molecule has 2 rings (SSSR count). The zero-order chi connectivity index (χ0) is 7.73. The maximum absolute atomic E-state index is 5.71. The van der Waals surface area contributed by atoms with E-state index in [9.17, 15) is 0 Å². The summed E-state index contributed by atoms with van der Waals surface area (Å²) >= 11 is 0. The van der Waals surface area contributed by atoms with Crippen molar-refractivity contribution in [2.45, 2.75) is 24.8 Å². The number of hydrogen-bond acceptors (Lipinski definition) is 2. The van der Waals surface area contributed by atoms with Gasteiger partial charge in [0.2, 0.25) is 0 Å². The minimum Gasteiger partial charge on any atom is -0.329 e. The van der Waals surface area contributed by atoms with Gasteiger partial charge in [0, 0.05) is 38.0 Å². The molecule has 1 fully saturated rings. The lowest BCUT2D eigenvalue weighted by atomic mass is 10.0. The highest BCUT2D eigenvalue weighted by Crippen LogP contribution is 2.36. The van der Waals surface area contributed by atoms with E-state index in [0.29, 0.717) is 5.54 Å². The SMILES string of the molecule is NC[C@]12CCC#CCC[N@]1C2. The highest BCUT2D eigenvalue weighted by molar-refractivity contribution is 5.14. The lowest BCUT2D eigenvalue weighted by molar-refractivity contribution is 0.395. The van der Waals surface area contributed by atoms with E-state index in [1.165, 1.54) is 13.0 Å². The summed E-state index contributed by atoms with van der Waals surface area (Å²) in [6.45, 7) is 3.14. The molecule has 0 amide bonds. The quantitative estimate of drug-likeness (QED) is 0.427. The maximum atomic E-state index is 5.71. The average Bonchev–Trinajstić information content (AvgIpc) is 2.64. The second-order valence-electron chi connectivity index (χ2n) is 3.45. The normalized spacial score (nSPS) is 41.0. The fourth-order valence-corrected chi connectivity index (χ4v) is 1.83. The number of nitrogens with two attached hydrogens (primary N) is 1. The van der Waals surface area contributed by atoms with E-state index in [1.54, 1.807) is 0 Å². The van der Waals surface area contributed by atoms with Gasteiger partial charge in [-0.1, -0.05) is 0 Å². The van der Waals surface area contributed by atoms with E-state index in [0.717, 1.165) is 25.9 Å². The Hall–Kier alpha value is -0.520. The number of nitrogens with zero attached hydrogens (tertiary/aromatic N) is 1. The summed E-state index contributed by atoms with van der Waals surface area (Å²) in [6.07, 6.45) is 3.24. The van der Waals surface area contributed by atoms with Gasteiger partial charge in [-0.15, -0.1) is 11.8 Å². The number of rotatable bonds is 1. The summed E-state index contributed by atoms with van der Waals surface area (Å²) in [5.74, 6) is 6.32. The Morgan fingerprint density at radius 1 is 1.36 bits per heavy atom. The Balaban J connectivity index is 2.03. The van der Waals surface area contributed by atoms with Gasteiger partial charge < -0.3 is 5.73 Å². The van der Waals surface area contributed by atoms with E-state index in [4.69, 9.17) is 5.73 Å². The second-order valence-corrected chi connectivity index (χ2v) is 3.45. The van der Waals surface area contributed by atoms with Gasteiger partial charge in [0.25, 0.3) is 0 Å². The Labute approximate surface area is 67.7 Å². The van der Waals surface area contributed by atoms with Crippen LogP contribution in [0.4, 0.5) is 0 Å². The molecule has 0 aromatic heterocycles. The Bertz CT molecular complexity index is 213. The molecule has 0 aromatic rings.